The van der Waals surface area contributed by atoms with Gasteiger partial charge in [-0.2, -0.15) is 10.2 Å². The lowest BCUT2D eigenvalue weighted by molar-refractivity contribution is -0.385. The number of amides is 1. The van der Waals surface area contributed by atoms with Gasteiger partial charge in [0.25, 0.3) is 17.2 Å². The number of fused-ring (bicyclic) bond motifs is 1. The van der Waals surface area contributed by atoms with Gasteiger partial charge in [-0.05, 0) is 24.3 Å². The molecular formula is C19H15N5O4. The van der Waals surface area contributed by atoms with E-state index in [1.807, 2.05) is 0 Å². The van der Waals surface area contributed by atoms with Crippen molar-refractivity contribution in [3.8, 4) is 0 Å². The van der Waals surface area contributed by atoms with Crippen LogP contribution in [-0.4, -0.2) is 26.8 Å². The van der Waals surface area contributed by atoms with Crippen LogP contribution in [0, 0.1) is 10.1 Å². The lowest BCUT2D eigenvalue weighted by Gasteiger charge is -2.06. The van der Waals surface area contributed by atoms with Crippen molar-refractivity contribution < 1.29 is 9.72 Å². The molecule has 3 rings (SSSR count). The van der Waals surface area contributed by atoms with Crippen LogP contribution in [0.15, 0.2) is 64.5 Å². The Morgan fingerprint density at radius 2 is 1.86 bits per heavy atom. The van der Waals surface area contributed by atoms with Gasteiger partial charge in [-0.1, -0.05) is 30.3 Å². The van der Waals surface area contributed by atoms with E-state index in [4.69, 9.17) is 0 Å². The first-order chi connectivity index (χ1) is 13.5. The van der Waals surface area contributed by atoms with E-state index in [2.05, 4.69) is 15.6 Å². The van der Waals surface area contributed by atoms with Crippen LogP contribution in [0.4, 0.5) is 5.69 Å². The minimum Gasteiger partial charge on any atom is -0.267 e. The molecule has 28 heavy (non-hydrogen) atoms. The summed E-state index contributed by atoms with van der Waals surface area (Å²) in [6.07, 6.45) is 4.27. The minimum absolute atomic E-state index is 0.0305. The molecule has 0 aliphatic carbocycles. The Morgan fingerprint density at radius 3 is 2.61 bits per heavy atom. The fraction of sp³-hybridized carbons (Fsp3) is 0.0526. The van der Waals surface area contributed by atoms with Gasteiger partial charge in [0.2, 0.25) is 0 Å². The molecule has 0 saturated heterocycles. The number of allylic oxidation sites excluding steroid dienone is 1. The molecular weight excluding hydrogens is 362 g/mol. The fourth-order valence-electron chi connectivity index (χ4n) is 2.60. The highest BCUT2D eigenvalue weighted by molar-refractivity contribution is 6.04. The van der Waals surface area contributed by atoms with E-state index in [1.165, 1.54) is 31.5 Å². The maximum Gasteiger partial charge on any atom is 0.292 e. The summed E-state index contributed by atoms with van der Waals surface area (Å²) in [6.45, 7) is 0. The molecule has 0 fully saturated rings. The molecule has 2 aromatic carbocycles. The number of rotatable bonds is 5. The molecule has 0 radical (unpaired) electrons. The maximum atomic E-state index is 12.4. The largest absolute Gasteiger partial charge is 0.292 e. The molecule has 0 unspecified atom stereocenters. The lowest BCUT2D eigenvalue weighted by atomic mass is 10.1. The molecule has 1 heterocycles. The van der Waals surface area contributed by atoms with Gasteiger partial charge in [0, 0.05) is 24.7 Å². The summed E-state index contributed by atoms with van der Waals surface area (Å²) in [5.74, 6) is -0.581. The second-order valence-electron chi connectivity index (χ2n) is 5.72. The first kappa shape index (κ1) is 18.6. The number of carbonyl (C=O) groups is 1. The van der Waals surface area contributed by atoms with Gasteiger partial charge in [0.1, 0.15) is 0 Å². The van der Waals surface area contributed by atoms with E-state index >= 15 is 0 Å². The smallest absolute Gasteiger partial charge is 0.267 e. The number of nitrogens with zero attached hydrogens (tertiary/aromatic N) is 4. The van der Waals surface area contributed by atoms with Crippen molar-refractivity contribution in [2.75, 3.05) is 0 Å². The van der Waals surface area contributed by atoms with Gasteiger partial charge in [0.15, 0.2) is 5.69 Å². The van der Waals surface area contributed by atoms with Crippen LogP contribution < -0.4 is 11.0 Å². The normalized spacial score (nSPS) is 11.3. The van der Waals surface area contributed by atoms with Crippen molar-refractivity contribution in [2.24, 2.45) is 12.1 Å². The number of benzene rings is 2. The summed E-state index contributed by atoms with van der Waals surface area (Å²) < 4.78 is 1.09. The van der Waals surface area contributed by atoms with Crippen molar-refractivity contribution >= 4 is 34.7 Å². The van der Waals surface area contributed by atoms with Crippen LogP contribution in [-0.2, 0) is 7.05 Å². The van der Waals surface area contributed by atoms with Crippen molar-refractivity contribution in [1.29, 1.82) is 0 Å². The van der Waals surface area contributed by atoms with Crippen LogP contribution in [0.3, 0.4) is 0 Å². The number of hydrogen-bond acceptors (Lipinski definition) is 6. The van der Waals surface area contributed by atoms with Crippen LogP contribution >= 0.6 is 0 Å². The molecule has 1 aromatic heterocycles. The van der Waals surface area contributed by atoms with E-state index in [9.17, 15) is 19.7 Å². The van der Waals surface area contributed by atoms with Gasteiger partial charge in [0.05, 0.1) is 15.9 Å². The third-order valence-corrected chi connectivity index (χ3v) is 3.91. The number of para-hydroxylation sites is 1. The van der Waals surface area contributed by atoms with Gasteiger partial charge in [-0.25, -0.2) is 10.1 Å². The average molecular weight is 377 g/mol. The molecule has 0 saturated carbocycles. The van der Waals surface area contributed by atoms with Gasteiger partial charge >= 0.3 is 0 Å². The second kappa shape index (κ2) is 8.04. The number of aromatic nitrogens is 2. The zero-order valence-corrected chi connectivity index (χ0v) is 14.8. The number of aryl methyl sites for hydroxylation is 1. The fourth-order valence-corrected chi connectivity index (χ4v) is 2.60. The van der Waals surface area contributed by atoms with Crippen molar-refractivity contribution in [1.82, 2.24) is 15.2 Å². The zero-order valence-electron chi connectivity index (χ0n) is 14.8. The topological polar surface area (TPSA) is 119 Å². The van der Waals surface area contributed by atoms with Crippen LogP contribution in [0.5, 0.6) is 0 Å². The number of nitro benzene ring substituents is 1. The third kappa shape index (κ3) is 3.83. The summed E-state index contributed by atoms with van der Waals surface area (Å²) in [5.41, 5.74) is 2.48. The summed E-state index contributed by atoms with van der Waals surface area (Å²) in [6, 6.07) is 12.9. The zero-order chi connectivity index (χ0) is 20.1. The summed E-state index contributed by atoms with van der Waals surface area (Å²) in [4.78, 5) is 35.0. The summed E-state index contributed by atoms with van der Waals surface area (Å²) in [7, 11) is 1.46. The number of nitro groups is 1. The molecule has 0 aliphatic heterocycles. The van der Waals surface area contributed by atoms with Crippen LogP contribution in [0.1, 0.15) is 16.1 Å². The number of hydrazone groups is 1. The summed E-state index contributed by atoms with van der Waals surface area (Å²) in [5, 5.41) is 19.6. The van der Waals surface area contributed by atoms with Crippen molar-refractivity contribution in [3.05, 3.63) is 86.3 Å². The monoisotopic (exact) mass is 377 g/mol. The third-order valence-electron chi connectivity index (χ3n) is 3.91. The maximum absolute atomic E-state index is 12.4. The van der Waals surface area contributed by atoms with E-state index in [0.717, 1.165) is 4.68 Å². The lowest BCUT2D eigenvalue weighted by Crippen LogP contribution is -2.27. The number of carbonyl (C=O) groups excluding carboxylic acids is 1. The van der Waals surface area contributed by atoms with Crippen LogP contribution in [0.2, 0.25) is 0 Å². The van der Waals surface area contributed by atoms with E-state index in [-0.39, 0.29) is 16.9 Å². The number of hydrogen-bond donors (Lipinski definition) is 1. The predicted molar refractivity (Wildman–Crippen MR) is 105 cm³/mol. The van der Waals surface area contributed by atoms with Gasteiger partial charge < -0.3 is 0 Å². The highest BCUT2D eigenvalue weighted by Crippen LogP contribution is 2.18. The Morgan fingerprint density at radius 1 is 1.18 bits per heavy atom. The standard InChI is InChI=1S/C19H15N5O4/c1-23-19(26)15-10-4-3-9-14(15)17(22-23)18(25)21-20-12-6-8-13-7-2-5-11-16(13)24(27)28/h2-12H,1H3,(H,21,25)/b8-6+,20-12-. The van der Waals surface area contributed by atoms with E-state index in [1.54, 1.807) is 42.5 Å². The molecule has 140 valence electrons. The SMILES string of the molecule is Cn1nc(C(=O)N/N=C\C=C\c2ccccc2[N+](=O)[O-])c2ccccc2c1=O. The first-order valence-corrected chi connectivity index (χ1v) is 8.18. The Hall–Kier alpha value is -4.14. The van der Waals surface area contributed by atoms with Crippen molar-refractivity contribution in [3.63, 3.8) is 0 Å². The molecule has 9 nitrogen and oxygen atoms in total. The van der Waals surface area contributed by atoms with E-state index < -0.39 is 10.8 Å². The average Bonchev–Trinajstić information content (AvgIpc) is 2.70. The summed E-state index contributed by atoms with van der Waals surface area (Å²) >= 11 is 0. The highest BCUT2D eigenvalue weighted by Gasteiger charge is 2.14. The number of nitrogens with one attached hydrogen (secondary N) is 1. The molecule has 1 amide bonds. The van der Waals surface area contributed by atoms with Gasteiger partial charge in [-0.3, -0.25) is 19.7 Å². The first-order valence-electron chi connectivity index (χ1n) is 8.18. The highest BCUT2D eigenvalue weighted by atomic mass is 16.6. The molecule has 0 spiro atoms. The minimum atomic E-state index is -0.581. The predicted octanol–water partition coefficient (Wildman–Crippen LogP) is 2.27. The molecule has 0 bridgehead atoms. The molecule has 0 atom stereocenters. The Bertz CT molecular complexity index is 1180. The molecule has 1 N–H and O–H groups in total. The van der Waals surface area contributed by atoms with Crippen LogP contribution in [0.25, 0.3) is 16.8 Å². The molecule has 9 heteroatoms. The Balaban J connectivity index is 1.77. The van der Waals surface area contributed by atoms with Gasteiger partial charge in [-0.15, -0.1) is 0 Å². The Labute approximate surface area is 158 Å². The molecule has 0 aliphatic rings. The van der Waals surface area contributed by atoms with Crippen molar-refractivity contribution in [2.45, 2.75) is 0 Å². The quantitative estimate of drug-likeness (QED) is 0.415. The molecule has 3 aromatic rings. The second-order valence-corrected chi connectivity index (χ2v) is 5.72. The van der Waals surface area contributed by atoms with E-state index in [0.29, 0.717) is 16.3 Å². The Kier molecular flexibility index (Phi) is 5.35.